The number of carbonyl (C=O) groups excluding carboxylic acids is 1. The van der Waals surface area contributed by atoms with Gasteiger partial charge in [-0.15, -0.1) is 12.4 Å². The van der Waals surface area contributed by atoms with Crippen molar-refractivity contribution in [2.45, 2.75) is 32.2 Å². The van der Waals surface area contributed by atoms with E-state index in [9.17, 15) is 4.79 Å². The molecule has 6 heteroatoms. The first kappa shape index (κ1) is 18.5. The first-order valence-corrected chi connectivity index (χ1v) is 6.69. The van der Waals surface area contributed by atoms with E-state index in [2.05, 4.69) is 5.32 Å². The molecule has 1 aromatic carbocycles. The molecule has 19 heavy (non-hydrogen) atoms. The lowest BCUT2D eigenvalue weighted by Gasteiger charge is -2.26. The van der Waals surface area contributed by atoms with Crippen LogP contribution in [0.5, 0.6) is 0 Å². The second kappa shape index (κ2) is 7.95. The maximum atomic E-state index is 11.9. The molecule has 3 N–H and O–H groups in total. The van der Waals surface area contributed by atoms with Gasteiger partial charge >= 0.3 is 0 Å². The summed E-state index contributed by atoms with van der Waals surface area (Å²) in [6.07, 6.45) is 1.62. The molecule has 3 nitrogen and oxygen atoms in total. The predicted molar refractivity (Wildman–Crippen MR) is 83.5 cm³/mol. The Hall–Kier alpha value is -0.480. The fraction of sp³-hybridized carbons (Fsp3) is 0.462. The molecule has 1 aromatic rings. The van der Waals surface area contributed by atoms with E-state index in [4.69, 9.17) is 28.9 Å². The molecule has 108 valence electrons. The molecule has 0 spiro atoms. The second-order valence-electron chi connectivity index (χ2n) is 4.38. The van der Waals surface area contributed by atoms with Crippen molar-refractivity contribution in [3.05, 3.63) is 33.8 Å². The van der Waals surface area contributed by atoms with E-state index in [-0.39, 0.29) is 23.9 Å². The number of halogens is 3. The monoisotopic (exact) mass is 324 g/mol. The lowest BCUT2D eigenvalue weighted by atomic mass is 9.94. The van der Waals surface area contributed by atoms with E-state index >= 15 is 0 Å². The van der Waals surface area contributed by atoms with E-state index in [1.165, 1.54) is 0 Å². The summed E-state index contributed by atoms with van der Waals surface area (Å²) in [5.74, 6) is -0.190. The van der Waals surface area contributed by atoms with Gasteiger partial charge in [0, 0.05) is 17.6 Å². The quantitative estimate of drug-likeness (QED) is 0.868. The van der Waals surface area contributed by atoms with Gasteiger partial charge in [-0.2, -0.15) is 0 Å². The SMILES string of the molecule is CCC(N)(CC)CNC(=O)c1ccc(Cl)c(Cl)c1.Cl. The Morgan fingerprint density at radius 3 is 2.32 bits per heavy atom. The zero-order valence-electron chi connectivity index (χ0n) is 11.0. The highest BCUT2D eigenvalue weighted by atomic mass is 35.5. The normalized spacial score (nSPS) is 10.8. The Morgan fingerprint density at radius 2 is 1.84 bits per heavy atom. The van der Waals surface area contributed by atoms with Crippen molar-refractivity contribution < 1.29 is 4.79 Å². The summed E-state index contributed by atoms with van der Waals surface area (Å²) in [4.78, 5) is 11.9. The maximum Gasteiger partial charge on any atom is 0.251 e. The lowest BCUT2D eigenvalue weighted by molar-refractivity contribution is 0.0942. The molecule has 0 aliphatic heterocycles. The molecule has 0 aromatic heterocycles. The molecular formula is C13H19Cl3N2O. The molecule has 0 saturated heterocycles. The minimum atomic E-state index is -0.355. The third-order valence-corrected chi connectivity index (χ3v) is 3.93. The molecule has 0 saturated carbocycles. The summed E-state index contributed by atoms with van der Waals surface area (Å²) in [5.41, 5.74) is 6.24. The van der Waals surface area contributed by atoms with Crippen LogP contribution in [0, 0.1) is 0 Å². The Morgan fingerprint density at radius 1 is 1.26 bits per heavy atom. The number of rotatable bonds is 5. The van der Waals surface area contributed by atoms with Gasteiger partial charge in [0.25, 0.3) is 5.91 Å². The van der Waals surface area contributed by atoms with Crippen LogP contribution < -0.4 is 11.1 Å². The smallest absolute Gasteiger partial charge is 0.251 e. The molecule has 0 fully saturated rings. The Kier molecular flexibility index (Phi) is 7.75. The van der Waals surface area contributed by atoms with Crippen molar-refractivity contribution in [2.24, 2.45) is 5.73 Å². The zero-order valence-corrected chi connectivity index (χ0v) is 13.3. The largest absolute Gasteiger partial charge is 0.350 e. The molecule has 1 amide bonds. The van der Waals surface area contributed by atoms with Gasteiger partial charge in [-0.05, 0) is 31.0 Å². The van der Waals surface area contributed by atoms with Crippen molar-refractivity contribution in [1.29, 1.82) is 0 Å². The van der Waals surface area contributed by atoms with Crippen LogP contribution in [-0.4, -0.2) is 18.0 Å². The Balaban J connectivity index is 0.00000324. The highest BCUT2D eigenvalue weighted by molar-refractivity contribution is 6.42. The summed E-state index contributed by atoms with van der Waals surface area (Å²) >= 11 is 11.7. The number of nitrogens with one attached hydrogen (secondary N) is 1. The van der Waals surface area contributed by atoms with Crippen LogP contribution in [-0.2, 0) is 0 Å². The minimum absolute atomic E-state index is 0. The van der Waals surface area contributed by atoms with Gasteiger partial charge in [-0.1, -0.05) is 37.0 Å². The van der Waals surface area contributed by atoms with Crippen molar-refractivity contribution in [1.82, 2.24) is 5.32 Å². The first-order chi connectivity index (χ1) is 8.41. The molecule has 0 aliphatic carbocycles. The van der Waals surface area contributed by atoms with Crippen molar-refractivity contribution in [3.63, 3.8) is 0 Å². The Bertz CT molecular complexity index is 434. The van der Waals surface area contributed by atoms with E-state index in [1.807, 2.05) is 13.8 Å². The van der Waals surface area contributed by atoms with Crippen LogP contribution >= 0.6 is 35.6 Å². The van der Waals surface area contributed by atoms with Gasteiger partial charge in [-0.25, -0.2) is 0 Å². The second-order valence-corrected chi connectivity index (χ2v) is 5.20. The first-order valence-electron chi connectivity index (χ1n) is 5.94. The van der Waals surface area contributed by atoms with Gasteiger partial charge in [-0.3, -0.25) is 4.79 Å². The molecule has 0 unspecified atom stereocenters. The van der Waals surface area contributed by atoms with Crippen LogP contribution in [0.2, 0.25) is 10.0 Å². The number of amides is 1. The molecule has 0 heterocycles. The Labute approximate surface area is 130 Å². The number of nitrogens with two attached hydrogens (primary N) is 1. The van der Waals surface area contributed by atoms with E-state index in [0.717, 1.165) is 12.8 Å². The van der Waals surface area contributed by atoms with Crippen LogP contribution in [0.1, 0.15) is 37.0 Å². The van der Waals surface area contributed by atoms with E-state index < -0.39 is 0 Å². The summed E-state index contributed by atoms with van der Waals surface area (Å²) in [6, 6.07) is 4.79. The minimum Gasteiger partial charge on any atom is -0.350 e. The van der Waals surface area contributed by atoms with Gasteiger partial charge in [0.1, 0.15) is 0 Å². The highest BCUT2D eigenvalue weighted by Gasteiger charge is 2.21. The maximum absolute atomic E-state index is 11.9. The number of hydrogen-bond acceptors (Lipinski definition) is 2. The van der Waals surface area contributed by atoms with Crippen molar-refractivity contribution in [3.8, 4) is 0 Å². The zero-order chi connectivity index (χ0) is 13.8. The average molecular weight is 326 g/mol. The van der Waals surface area contributed by atoms with Crippen molar-refractivity contribution >= 4 is 41.5 Å². The number of hydrogen-bond donors (Lipinski definition) is 2. The topological polar surface area (TPSA) is 55.1 Å². The van der Waals surface area contributed by atoms with Crippen molar-refractivity contribution in [2.75, 3.05) is 6.54 Å². The highest BCUT2D eigenvalue weighted by Crippen LogP contribution is 2.22. The standard InChI is InChI=1S/C13H18Cl2N2O.ClH/c1-3-13(16,4-2)8-17-12(18)9-5-6-10(14)11(15)7-9;/h5-7H,3-4,8,16H2,1-2H3,(H,17,18);1H. The molecule has 0 atom stereocenters. The van der Waals surface area contributed by atoms with E-state index in [1.54, 1.807) is 18.2 Å². The third kappa shape index (κ3) is 5.19. The fourth-order valence-corrected chi connectivity index (χ4v) is 1.79. The molecular weight excluding hydrogens is 307 g/mol. The molecule has 0 bridgehead atoms. The van der Waals surface area contributed by atoms with Gasteiger partial charge < -0.3 is 11.1 Å². The summed E-state index contributed by atoms with van der Waals surface area (Å²) < 4.78 is 0. The third-order valence-electron chi connectivity index (χ3n) is 3.19. The molecule has 0 aliphatic rings. The van der Waals surface area contributed by atoms with E-state index in [0.29, 0.717) is 22.2 Å². The van der Waals surface area contributed by atoms with Crippen LogP contribution in [0.3, 0.4) is 0 Å². The number of carbonyl (C=O) groups is 1. The summed E-state index contributed by atoms with van der Waals surface area (Å²) in [6.45, 7) is 4.46. The summed E-state index contributed by atoms with van der Waals surface area (Å²) in [7, 11) is 0. The summed E-state index contributed by atoms with van der Waals surface area (Å²) in [5, 5.41) is 3.63. The molecule has 1 rings (SSSR count). The predicted octanol–water partition coefficient (Wildman–Crippen LogP) is 3.66. The van der Waals surface area contributed by atoms with Gasteiger partial charge in [0.2, 0.25) is 0 Å². The van der Waals surface area contributed by atoms with Crippen LogP contribution in [0.15, 0.2) is 18.2 Å². The van der Waals surface area contributed by atoms with Crippen LogP contribution in [0.4, 0.5) is 0 Å². The van der Waals surface area contributed by atoms with Gasteiger partial charge in [0.05, 0.1) is 10.0 Å². The average Bonchev–Trinajstić information content (AvgIpc) is 2.38. The molecule has 0 radical (unpaired) electrons. The fourth-order valence-electron chi connectivity index (χ4n) is 1.50. The number of benzene rings is 1. The lowest BCUT2D eigenvalue weighted by Crippen LogP contribution is -2.49. The van der Waals surface area contributed by atoms with Gasteiger partial charge in [0.15, 0.2) is 0 Å². The van der Waals surface area contributed by atoms with Crippen LogP contribution in [0.25, 0.3) is 0 Å².